The Kier molecular flexibility index (Phi) is 5.26. The Morgan fingerprint density at radius 3 is 2.62 bits per heavy atom. The number of nitrogens with zero attached hydrogens (tertiary/aromatic N) is 1. The van der Waals surface area contributed by atoms with Gasteiger partial charge in [0.25, 0.3) is 0 Å². The van der Waals surface area contributed by atoms with E-state index in [1.165, 1.54) is 12.0 Å². The molecule has 1 atom stereocenters. The molecule has 0 aliphatic heterocycles. The molecule has 1 unspecified atom stereocenters. The molecule has 1 aromatic rings. The third-order valence-corrected chi connectivity index (χ3v) is 2.76. The monoisotopic (exact) mass is 221 g/mol. The number of nitrogens with two attached hydrogens (primary N) is 1. The van der Waals surface area contributed by atoms with Gasteiger partial charge in [-0.2, -0.15) is 0 Å². The predicted molar refractivity (Wildman–Crippen MR) is 69.3 cm³/mol. The zero-order chi connectivity index (χ0) is 12.0. The lowest BCUT2D eigenvalue weighted by Gasteiger charge is -2.17. The number of nitrogen functional groups attached to an aromatic ring is 1. The van der Waals surface area contributed by atoms with Crippen LogP contribution in [0.15, 0.2) is 18.3 Å². The predicted octanol–water partition coefficient (Wildman–Crippen LogP) is 2.23. The molecule has 0 bridgehead atoms. The molecule has 3 heteroatoms. The van der Waals surface area contributed by atoms with Crippen molar-refractivity contribution >= 4 is 5.82 Å². The van der Waals surface area contributed by atoms with E-state index in [1.54, 1.807) is 0 Å². The number of anilines is 1. The lowest BCUT2D eigenvalue weighted by molar-refractivity contribution is 0.435. The summed E-state index contributed by atoms with van der Waals surface area (Å²) < 4.78 is 0. The van der Waals surface area contributed by atoms with Crippen LogP contribution in [0.4, 0.5) is 5.82 Å². The van der Waals surface area contributed by atoms with Gasteiger partial charge in [0.1, 0.15) is 5.82 Å². The second-order valence-electron chi connectivity index (χ2n) is 4.63. The Balaban J connectivity index is 2.46. The Labute approximate surface area is 98.5 Å². The van der Waals surface area contributed by atoms with Gasteiger partial charge < -0.3 is 11.1 Å². The van der Waals surface area contributed by atoms with Crippen LogP contribution in [0.25, 0.3) is 0 Å². The van der Waals surface area contributed by atoms with Crippen LogP contribution in [-0.4, -0.2) is 17.6 Å². The highest BCUT2D eigenvalue weighted by Crippen LogP contribution is 2.11. The minimum absolute atomic E-state index is 0.554. The minimum atomic E-state index is 0.554. The van der Waals surface area contributed by atoms with Crippen molar-refractivity contribution in [3.05, 3.63) is 23.9 Å². The molecule has 0 spiro atoms. The van der Waals surface area contributed by atoms with E-state index in [2.05, 4.69) is 37.1 Å². The average Bonchev–Trinajstić information content (AvgIpc) is 2.26. The number of hydrogen-bond acceptors (Lipinski definition) is 3. The van der Waals surface area contributed by atoms with Gasteiger partial charge in [0.15, 0.2) is 0 Å². The van der Waals surface area contributed by atoms with Crippen molar-refractivity contribution in [1.82, 2.24) is 10.3 Å². The smallest absolute Gasteiger partial charge is 0.123 e. The summed E-state index contributed by atoms with van der Waals surface area (Å²) in [6.45, 7) is 7.66. The second kappa shape index (κ2) is 6.48. The van der Waals surface area contributed by atoms with Gasteiger partial charge in [-0.05, 0) is 30.5 Å². The number of hydrogen-bond donors (Lipinski definition) is 2. The van der Waals surface area contributed by atoms with E-state index < -0.39 is 0 Å². The molecule has 0 fully saturated rings. The molecule has 1 aromatic heterocycles. The number of aromatic nitrogens is 1. The molecule has 1 rings (SSSR count). The van der Waals surface area contributed by atoms with Gasteiger partial charge >= 0.3 is 0 Å². The summed E-state index contributed by atoms with van der Waals surface area (Å²) in [4.78, 5) is 4.12. The molecule has 0 amide bonds. The van der Waals surface area contributed by atoms with E-state index in [-0.39, 0.29) is 0 Å². The van der Waals surface area contributed by atoms with Crippen molar-refractivity contribution in [2.24, 2.45) is 5.92 Å². The standard InChI is InChI=1S/C13H23N3/c1-4-11(8-15-10(2)3)7-12-5-6-13(14)16-9-12/h5-6,9-11,15H,4,7-8H2,1-3H3,(H2,14,16). The summed E-state index contributed by atoms with van der Waals surface area (Å²) in [5, 5.41) is 3.48. The van der Waals surface area contributed by atoms with Gasteiger partial charge in [-0.1, -0.05) is 33.3 Å². The fraction of sp³-hybridized carbons (Fsp3) is 0.615. The molecule has 1 heterocycles. The van der Waals surface area contributed by atoms with Crippen LogP contribution in [0, 0.1) is 5.92 Å². The Morgan fingerprint density at radius 1 is 1.38 bits per heavy atom. The molecular formula is C13H23N3. The van der Waals surface area contributed by atoms with Crippen LogP contribution >= 0.6 is 0 Å². The Hall–Kier alpha value is -1.09. The highest BCUT2D eigenvalue weighted by Gasteiger charge is 2.08. The lowest BCUT2D eigenvalue weighted by Crippen LogP contribution is -2.29. The third-order valence-electron chi connectivity index (χ3n) is 2.76. The molecule has 3 N–H and O–H groups in total. The summed E-state index contributed by atoms with van der Waals surface area (Å²) in [5.74, 6) is 1.27. The van der Waals surface area contributed by atoms with Crippen LogP contribution in [0.1, 0.15) is 32.8 Å². The first-order valence-electron chi connectivity index (χ1n) is 6.05. The Morgan fingerprint density at radius 2 is 2.12 bits per heavy atom. The van der Waals surface area contributed by atoms with Gasteiger partial charge in [-0.15, -0.1) is 0 Å². The zero-order valence-corrected chi connectivity index (χ0v) is 10.5. The fourth-order valence-electron chi connectivity index (χ4n) is 1.65. The van der Waals surface area contributed by atoms with Gasteiger partial charge in [0, 0.05) is 12.2 Å². The Bertz CT molecular complexity index is 293. The van der Waals surface area contributed by atoms with E-state index in [1.807, 2.05) is 12.3 Å². The summed E-state index contributed by atoms with van der Waals surface area (Å²) >= 11 is 0. The van der Waals surface area contributed by atoms with E-state index in [9.17, 15) is 0 Å². The van der Waals surface area contributed by atoms with Gasteiger partial charge in [-0.3, -0.25) is 0 Å². The molecule has 0 aromatic carbocycles. The van der Waals surface area contributed by atoms with Crippen LogP contribution in [0.5, 0.6) is 0 Å². The van der Waals surface area contributed by atoms with Crippen molar-refractivity contribution in [3.63, 3.8) is 0 Å². The average molecular weight is 221 g/mol. The van der Waals surface area contributed by atoms with Crippen LogP contribution < -0.4 is 11.1 Å². The normalized spacial score (nSPS) is 13.0. The van der Waals surface area contributed by atoms with Crippen LogP contribution in [-0.2, 0) is 6.42 Å². The molecule has 0 aliphatic carbocycles. The van der Waals surface area contributed by atoms with Crippen molar-refractivity contribution in [2.45, 2.75) is 39.7 Å². The summed E-state index contributed by atoms with van der Waals surface area (Å²) in [7, 11) is 0. The highest BCUT2D eigenvalue weighted by atomic mass is 14.9. The SMILES string of the molecule is CCC(CNC(C)C)Cc1ccc(N)nc1. The molecular weight excluding hydrogens is 198 g/mol. The highest BCUT2D eigenvalue weighted by molar-refractivity contribution is 5.29. The van der Waals surface area contributed by atoms with Crippen LogP contribution in [0.3, 0.4) is 0 Å². The van der Waals surface area contributed by atoms with Gasteiger partial charge in [0.05, 0.1) is 0 Å². The molecule has 0 radical (unpaired) electrons. The number of pyridine rings is 1. The first-order chi connectivity index (χ1) is 7.61. The molecule has 0 aliphatic rings. The maximum Gasteiger partial charge on any atom is 0.123 e. The third kappa shape index (κ3) is 4.62. The molecule has 90 valence electrons. The maximum absolute atomic E-state index is 5.56. The van der Waals surface area contributed by atoms with Crippen molar-refractivity contribution in [3.8, 4) is 0 Å². The van der Waals surface area contributed by atoms with Crippen LogP contribution in [0.2, 0.25) is 0 Å². The number of rotatable bonds is 6. The molecule has 16 heavy (non-hydrogen) atoms. The minimum Gasteiger partial charge on any atom is -0.384 e. The molecule has 0 saturated heterocycles. The van der Waals surface area contributed by atoms with Crippen molar-refractivity contribution in [1.29, 1.82) is 0 Å². The first-order valence-corrected chi connectivity index (χ1v) is 6.05. The summed E-state index contributed by atoms with van der Waals surface area (Å²) in [6, 6.07) is 4.50. The van der Waals surface area contributed by atoms with Crippen molar-refractivity contribution < 1.29 is 0 Å². The van der Waals surface area contributed by atoms with Crippen molar-refractivity contribution in [2.75, 3.05) is 12.3 Å². The van der Waals surface area contributed by atoms with E-state index in [0.29, 0.717) is 17.8 Å². The van der Waals surface area contributed by atoms with Gasteiger partial charge in [-0.25, -0.2) is 4.98 Å². The topological polar surface area (TPSA) is 50.9 Å². The van der Waals surface area contributed by atoms with E-state index in [4.69, 9.17) is 5.73 Å². The lowest BCUT2D eigenvalue weighted by atomic mass is 9.97. The zero-order valence-electron chi connectivity index (χ0n) is 10.5. The summed E-state index contributed by atoms with van der Waals surface area (Å²) in [5.41, 5.74) is 6.83. The van der Waals surface area contributed by atoms with Gasteiger partial charge in [0.2, 0.25) is 0 Å². The van der Waals surface area contributed by atoms with E-state index >= 15 is 0 Å². The number of nitrogens with one attached hydrogen (secondary N) is 1. The second-order valence-corrected chi connectivity index (χ2v) is 4.63. The quantitative estimate of drug-likeness (QED) is 0.774. The first kappa shape index (κ1) is 13.0. The van der Waals surface area contributed by atoms with E-state index in [0.717, 1.165) is 13.0 Å². The maximum atomic E-state index is 5.56. The largest absolute Gasteiger partial charge is 0.384 e. The molecule has 3 nitrogen and oxygen atoms in total. The summed E-state index contributed by atoms with van der Waals surface area (Å²) in [6.07, 6.45) is 4.14. The molecule has 0 saturated carbocycles. The fourth-order valence-corrected chi connectivity index (χ4v) is 1.65.